The smallest absolute Gasteiger partial charge is 0.239 e. The quantitative estimate of drug-likeness (QED) is 0.771. The van der Waals surface area contributed by atoms with E-state index < -0.39 is 0 Å². The summed E-state index contributed by atoms with van der Waals surface area (Å²) in [7, 11) is 1.64. The summed E-state index contributed by atoms with van der Waals surface area (Å²) >= 11 is 0. The Bertz CT molecular complexity index is 319. The Hall–Kier alpha value is -1.51. The van der Waals surface area contributed by atoms with Gasteiger partial charge in [0.15, 0.2) is 0 Å². The first kappa shape index (κ1) is 12.6. The molecule has 88 valence electrons. The number of aryl methyl sites for hydroxylation is 1. The Balaban J connectivity index is 2.41. The van der Waals surface area contributed by atoms with Crippen LogP contribution in [-0.2, 0) is 11.2 Å². The van der Waals surface area contributed by atoms with E-state index in [4.69, 9.17) is 0 Å². The largest absolute Gasteiger partial charge is 0.376 e. The molecule has 0 aliphatic rings. The summed E-state index contributed by atoms with van der Waals surface area (Å²) in [4.78, 5) is 11.0. The topological polar surface area (TPSA) is 41.1 Å². The number of amides is 1. The Kier molecular flexibility index (Phi) is 5.40. The number of carbonyl (C=O) groups excluding carboxylic acids is 1. The number of carbonyl (C=O) groups is 1. The molecule has 0 heterocycles. The van der Waals surface area contributed by atoms with E-state index in [1.165, 1.54) is 18.4 Å². The van der Waals surface area contributed by atoms with E-state index in [2.05, 4.69) is 29.7 Å². The van der Waals surface area contributed by atoms with Crippen LogP contribution in [0.4, 0.5) is 5.69 Å². The van der Waals surface area contributed by atoms with Crippen molar-refractivity contribution in [2.45, 2.75) is 26.2 Å². The minimum Gasteiger partial charge on any atom is -0.376 e. The zero-order chi connectivity index (χ0) is 11.8. The molecular weight excluding hydrogens is 200 g/mol. The van der Waals surface area contributed by atoms with Gasteiger partial charge in [-0.15, -0.1) is 0 Å². The molecule has 1 aromatic rings. The standard InChI is InChI=1S/C13H20N2O/c1-3-4-5-11-6-8-12(9-7-11)15-10-13(16)14-2/h6-9,15H,3-5,10H2,1-2H3,(H,14,16). The van der Waals surface area contributed by atoms with Gasteiger partial charge in [-0.05, 0) is 30.5 Å². The molecule has 16 heavy (non-hydrogen) atoms. The molecule has 3 nitrogen and oxygen atoms in total. The average Bonchev–Trinajstić information content (AvgIpc) is 2.34. The molecule has 0 spiro atoms. The first-order chi connectivity index (χ1) is 7.76. The third-order valence-corrected chi connectivity index (χ3v) is 2.50. The SMILES string of the molecule is CCCCc1ccc(NCC(=O)NC)cc1. The van der Waals surface area contributed by atoms with Crippen LogP contribution in [0.2, 0.25) is 0 Å². The van der Waals surface area contributed by atoms with Gasteiger partial charge in [-0.1, -0.05) is 25.5 Å². The van der Waals surface area contributed by atoms with E-state index in [0.29, 0.717) is 6.54 Å². The molecule has 0 aliphatic heterocycles. The van der Waals surface area contributed by atoms with Crippen LogP contribution < -0.4 is 10.6 Å². The molecule has 0 aromatic heterocycles. The Morgan fingerprint density at radius 1 is 1.25 bits per heavy atom. The molecule has 0 radical (unpaired) electrons. The predicted octanol–water partition coefficient (Wildman–Crippen LogP) is 2.19. The van der Waals surface area contributed by atoms with Crippen molar-refractivity contribution in [3.8, 4) is 0 Å². The van der Waals surface area contributed by atoms with Crippen LogP contribution in [0.15, 0.2) is 24.3 Å². The highest BCUT2D eigenvalue weighted by molar-refractivity contribution is 5.80. The number of hydrogen-bond donors (Lipinski definition) is 2. The second-order valence-electron chi connectivity index (χ2n) is 3.83. The number of unbranched alkanes of at least 4 members (excludes halogenated alkanes) is 1. The normalized spacial score (nSPS) is 9.88. The predicted molar refractivity (Wildman–Crippen MR) is 67.6 cm³/mol. The Morgan fingerprint density at radius 3 is 2.50 bits per heavy atom. The highest BCUT2D eigenvalue weighted by Gasteiger charge is 1.98. The fourth-order valence-electron chi connectivity index (χ4n) is 1.44. The van der Waals surface area contributed by atoms with Gasteiger partial charge in [0.2, 0.25) is 5.91 Å². The molecule has 0 atom stereocenters. The molecule has 0 bridgehead atoms. The monoisotopic (exact) mass is 220 g/mol. The third-order valence-electron chi connectivity index (χ3n) is 2.50. The summed E-state index contributed by atoms with van der Waals surface area (Å²) in [5.41, 5.74) is 2.34. The van der Waals surface area contributed by atoms with Gasteiger partial charge in [0.25, 0.3) is 0 Å². The first-order valence-corrected chi connectivity index (χ1v) is 5.79. The molecule has 0 saturated heterocycles. The van der Waals surface area contributed by atoms with Crippen molar-refractivity contribution < 1.29 is 4.79 Å². The van der Waals surface area contributed by atoms with Gasteiger partial charge in [0.1, 0.15) is 0 Å². The van der Waals surface area contributed by atoms with E-state index >= 15 is 0 Å². The molecule has 3 heteroatoms. The van der Waals surface area contributed by atoms with E-state index in [1.807, 2.05) is 12.1 Å². The first-order valence-electron chi connectivity index (χ1n) is 5.79. The van der Waals surface area contributed by atoms with Crippen LogP contribution in [0.5, 0.6) is 0 Å². The lowest BCUT2D eigenvalue weighted by atomic mass is 10.1. The Morgan fingerprint density at radius 2 is 1.94 bits per heavy atom. The average molecular weight is 220 g/mol. The zero-order valence-electron chi connectivity index (χ0n) is 10.0. The lowest BCUT2D eigenvalue weighted by Gasteiger charge is -2.06. The zero-order valence-corrected chi connectivity index (χ0v) is 10.0. The molecule has 0 unspecified atom stereocenters. The van der Waals surface area contributed by atoms with Crippen molar-refractivity contribution in [3.63, 3.8) is 0 Å². The number of rotatable bonds is 6. The molecule has 2 N–H and O–H groups in total. The second kappa shape index (κ2) is 6.88. The van der Waals surface area contributed by atoms with Gasteiger partial charge < -0.3 is 10.6 Å². The van der Waals surface area contributed by atoms with E-state index in [-0.39, 0.29) is 5.91 Å². The number of nitrogens with one attached hydrogen (secondary N) is 2. The summed E-state index contributed by atoms with van der Waals surface area (Å²) < 4.78 is 0. The fourth-order valence-corrected chi connectivity index (χ4v) is 1.44. The Labute approximate surface area is 97.2 Å². The summed E-state index contributed by atoms with van der Waals surface area (Å²) in [6.07, 6.45) is 3.58. The van der Waals surface area contributed by atoms with Crippen LogP contribution in [-0.4, -0.2) is 19.5 Å². The van der Waals surface area contributed by atoms with E-state index in [0.717, 1.165) is 12.1 Å². The number of likely N-dealkylation sites (N-methyl/N-ethyl adjacent to an activating group) is 1. The minimum absolute atomic E-state index is 0.00457. The number of hydrogen-bond acceptors (Lipinski definition) is 2. The van der Waals surface area contributed by atoms with Crippen LogP contribution in [0.25, 0.3) is 0 Å². The second-order valence-corrected chi connectivity index (χ2v) is 3.83. The molecule has 1 amide bonds. The van der Waals surface area contributed by atoms with Gasteiger partial charge in [0.05, 0.1) is 6.54 Å². The fraction of sp³-hybridized carbons (Fsp3) is 0.462. The summed E-state index contributed by atoms with van der Waals surface area (Å²) in [6, 6.07) is 8.27. The van der Waals surface area contributed by atoms with Crippen LogP contribution in [0.1, 0.15) is 25.3 Å². The van der Waals surface area contributed by atoms with Gasteiger partial charge >= 0.3 is 0 Å². The summed E-state index contributed by atoms with van der Waals surface area (Å²) in [5.74, 6) is -0.00457. The van der Waals surface area contributed by atoms with Gasteiger partial charge in [0, 0.05) is 12.7 Å². The van der Waals surface area contributed by atoms with Crippen LogP contribution >= 0.6 is 0 Å². The maximum atomic E-state index is 11.0. The molecule has 1 aromatic carbocycles. The van der Waals surface area contributed by atoms with Crippen molar-refractivity contribution in [2.24, 2.45) is 0 Å². The molecule has 0 fully saturated rings. The minimum atomic E-state index is -0.00457. The third kappa shape index (κ3) is 4.34. The van der Waals surface area contributed by atoms with Crippen molar-refractivity contribution in [1.82, 2.24) is 5.32 Å². The highest BCUT2D eigenvalue weighted by Crippen LogP contribution is 2.11. The number of benzene rings is 1. The number of anilines is 1. The summed E-state index contributed by atoms with van der Waals surface area (Å²) in [6.45, 7) is 2.52. The van der Waals surface area contributed by atoms with Crippen molar-refractivity contribution in [3.05, 3.63) is 29.8 Å². The van der Waals surface area contributed by atoms with Gasteiger partial charge in [-0.2, -0.15) is 0 Å². The highest BCUT2D eigenvalue weighted by atomic mass is 16.1. The van der Waals surface area contributed by atoms with Crippen molar-refractivity contribution in [2.75, 3.05) is 18.9 Å². The maximum Gasteiger partial charge on any atom is 0.239 e. The van der Waals surface area contributed by atoms with Gasteiger partial charge in [-0.3, -0.25) is 4.79 Å². The lowest BCUT2D eigenvalue weighted by Crippen LogP contribution is -2.26. The molecule has 0 saturated carbocycles. The van der Waals surface area contributed by atoms with E-state index in [1.54, 1.807) is 7.05 Å². The van der Waals surface area contributed by atoms with E-state index in [9.17, 15) is 4.79 Å². The molecule has 1 rings (SSSR count). The van der Waals surface area contributed by atoms with Gasteiger partial charge in [-0.25, -0.2) is 0 Å². The van der Waals surface area contributed by atoms with Crippen LogP contribution in [0, 0.1) is 0 Å². The summed E-state index contributed by atoms with van der Waals surface area (Å²) in [5, 5.41) is 5.64. The lowest BCUT2D eigenvalue weighted by molar-refractivity contribution is -0.118. The molecule has 0 aliphatic carbocycles. The van der Waals surface area contributed by atoms with Crippen LogP contribution in [0.3, 0.4) is 0 Å². The van der Waals surface area contributed by atoms with Crippen molar-refractivity contribution in [1.29, 1.82) is 0 Å². The maximum absolute atomic E-state index is 11.0. The molecular formula is C13H20N2O. The van der Waals surface area contributed by atoms with Crippen molar-refractivity contribution >= 4 is 11.6 Å².